The Kier molecular flexibility index (Phi) is 5.00. The second-order valence-corrected chi connectivity index (χ2v) is 5.02. The van der Waals surface area contributed by atoms with Crippen molar-refractivity contribution in [2.45, 2.75) is 20.0 Å². The molecular weight excluding hydrogens is 298 g/mol. The molecule has 0 fully saturated rings. The van der Waals surface area contributed by atoms with Crippen LogP contribution in [0, 0.1) is 0 Å². The number of hydrogen-bond donors (Lipinski definition) is 1. The zero-order valence-corrected chi connectivity index (χ0v) is 13.3. The monoisotopic (exact) mass is 317 g/mol. The number of carboxylic acid groups (broad SMARTS) is 1. The van der Waals surface area contributed by atoms with Gasteiger partial charge in [-0.2, -0.15) is 0 Å². The van der Waals surface area contributed by atoms with Crippen molar-refractivity contribution in [2.75, 3.05) is 14.2 Å². The first-order valence-electron chi connectivity index (χ1n) is 7.14. The Labute approximate surface area is 134 Å². The Hall–Kier alpha value is -2.83. The maximum Gasteiger partial charge on any atom is 0.339 e. The van der Waals surface area contributed by atoms with E-state index in [1.165, 1.54) is 24.1 Å². The topological polar surface area (TPSA) is 84.7 Å². The zero-order chi connectivity index (χ0) is 17.0. The summed E-state index contributed by atoms with van der Waals surface area (Å²) >= 11 is 0. The van der Waals surface area contributed by atoms with Crippen LogP contribution in [0.25, 0.3) is 0 Å². The Bertz CT molecular complexity index is 724. The molecule has 2 rings (SSSR count). The Morgan fingerprint density at radius 1 is 1.35 bits per heavy atom. The molecule has 0 aliphatic heterocycles. The van der Waals surface area contributed by atoms with Crippen LogP contribution in [0.4, 0.5) is 0 Å². The molecular formula is C16H19N3O4. The lowest BCUT2D eigenvalue weighted by Gasteiger charge is -2.20. The number of rotatable bonds is 6. The van der Waals surface area contributed by atoms with Gasteiger partial charge in [-0.15, -0.1) is 0 Å². The van der Waals surface area contributed by atoms with Crippen LogP contribution in [0.1, 0.15) is 33.3 Å². The highest BCUT2D eigenvalue weighted by Crippen LogP contribution is 2.25. The average Bonchev–Trinajstić information content (AvgIpc) is 3.00. The van der Waals surface area contributed by atoms with Crippen molar-refractivity contribution in [3.05, 3.63) is 47.5 Å². The highest BCUT2D eigenvalue weighted by molar-refractivity contribution is 6.01. The fourth-order valence-electron chi connectivity index (χ4n) is 2.38. The van der Waals surface area contributed by atoms with Gasteiger partial charge in [-0.25, -0.2) is 9.78 Å². The molecule has 2 aromatic rings. The molecule has 0 aliphatic carbocycles. The number of aromatic nitrogens is 2. The molecule has 1 N–H and O–H groups in total. The third-order valence-corrected chi connectivity index (χ3v) is 3.57. The van der Waals surface area contributed by atoms with Crippen LogP contribution in [0.2, 0.25) is 0 Å². The van der Waals surface area contributed by atoms with Gasteiger partial charge in [-0.05, 0) is 19.1 Å². The quantitative estimate of drug-likeness (QED) is 0.879. The SMILES string of the molecule is CCn1cncc1CN(C)C(=O)c1cccc(C(=O)O)c1OC. The van der Waals surface area contributed by atoms with Crippen LogP contribution < -0.4 is 4.74 Å². The molecule has 0 bridgehead atoms. The number of aryl methyl sites for hydroxylation is 1. The summed E-state index contributed by atoms with van der Waals surface area (Å²) in [4.78, 5) is 29.5. The van der Waals surface area contributed by atoms with Crippen LogP contribution in [0.3, 0.4) is 0 Å². The first-order chi connectivity index (χ1) is 11.0. The normalized spacial score (nSPS) is 10.4. The number of nitrogens with zero attached hydrogens (tertiary/aromatic N) is 3. The summed E-state index contributed by atoms with van der Waals surface area (Å²) in [6, 6.07) is 4.49. The Balaban J connectivity index is 2.29. The summed E-state index contributed by atoms with van der Waals surface area (Å²) in [6.45, 7) is 3.12. The summed E-state index contributed by atoms with van der Waals surface area (Å²) in [5.74, 6) is -1.38. The van der Waals surface area contributed by atoms with E-state index in [9.17, 15) is 14.7 Å². The van der Waals surface area contributed by atoms with Gasteiger partial charge in [-0.1, -0.05) is 6.07 Å². The molecule has 23 heavy (non-hydrogen) atoms. The molecule has 0 saturated heterocycles. The van der Waals surface area contributed by atoms with Crippen molar-refractivity contribution in [2.24, 2.45) is 0 Å². The summed E-state index contributed by atoms with van der Waals surface area (Å²) < 4.78 is 7.08. The molecule has 1 aromatic carbocycles. The Morgan fingerprint density at radius 3 is 2.65 bits per heavy atom. The van der Waals surface area contributed by atoms with E-state index in [0.29, 0.717) is 6.54 Å². The van der Waals surface area contributed by atoms with Crippen molar-refractivity contribution in [1.82, 2.24) is 14.5 Å². The maximum atomic E-state index is 12.6. The van der Waals surface area contributed by atoms with Crippen LogP contribution in [0.15, 0.2) is 30.7 Å². The van der Waals surface area contributed by atoms with E-state index < -0.39 is 5.97 Å². The molecule has 0 radical (unpaired) electrons. The van der Waals surface area contributed by atoms with E-state index in [1.807, 2.05) is 11.5 Å². The fourth-order valence-corrected chi connectivity index (χ4v) is 2.38. The summed E-state index contributed by atoms with van der Waals surface area (Å²) in [5, 5.41) is 9.20. The van der Waals surface area contributed by atoms with Crippen LogP contribution in [-0.4, -0.2) is 45.6 Å². The minimum Gasteiger partial charge on any atom is -0.495 e. The van der Waals surface area contributed by atoms with E-state index in [0.717, 1.165) is 12.2 Å². The number of carboxylic acids is 1. The second kappa shape index (κ2) is 6.95. The fraction of sp³-hybridized carbons (Fsp3) is 0.312. The van der Waals surface area contributed by atoms with E-state index in [1.54, 1.807) is 25.6 Å². The number of imidazole rings is 1. The molecule has 1 heterocycles. The van der Waals surface area contributed by atoms with Gasteiger partial charge < -0.3 is 19.3 Å². The van der Waals surface area contributed by atoms with Crippen molar-refractivity contribution in [1.29, 1.82) is 0 Å². The van der Waals surface area contributed by atoms with Gasteiger partial charge in [0.2, 0.25) is 0 Å². The van der Waals surface area contributed by atoms with Gasteiger partial charge in [0.1, 0.15) is 11.3 Å². The second-order valence-electron chi connectivity index (χ2n) is 5.02. The standard InChI is InChI=1S/C16H19N3O4/c1-4-19-10-17-8-11(19)9-18(2)15(20)12-6-5-7-13(16(21)22)14(12)23-3/h5-8,10H,4,9H2,1-3H3,(H,21,22). The number of amides is 1. The number of carbonyl (C=O) groups is 2. The van der Waals surface area contributed by atoms with Crippen LogP contribution in [-0.2, 0) is 13.1 Å². The highest BCUT2D eigenvalue weighted by Gasteiger charge is 2.22. The molecule has 7 nitrogen and oxygen atoms in total. The maximum absolute atomic E-state index is 12.6. The molecule has 0 unspecified atom stereocenters. The molecule has 1 amide bonds. The molecule has 0 atom stereocenters. The minimum absolute atomic E-state index is 0.0367. The summed E-state index contributed by atoms with van der Waals surface area (Å²) in [5.41, 5.74) is 1.08. The Morgan fingerprint density at radius 2 is 2.04 bits per heavy atom. The van der Waals surface area contributed by atoms with Crippen LogP contribution in [0.5, 0.6) is 5.75 Å². The van der Waals surface area contributed by atoms with Crippen molar-refractivity contribution in [3.63, 3.8) is 0 Å². The molecule has 1 aromatic heterocycles. The number of methoxy groups -OCH3 is 1. The largest absolute Gasteiger partial charge is 0.495 e. The third kappa shape index (κ3) is 3.33. The predicted molar refractivity (Wildman–Crippen MR) is 83.7 cm³/mol. The lowest BCUT2D eigenvalue weighted by Crippen LogP contribution is -2.28. The lowest BCUT2D eigenvalue weighted by atomic mass is 10.1. The van der Waals surface area contributed by atoms with E-state index >= 15 is 0 Å². The van der Waals surface area contributed by atoms with Crippen molar-refractivity contribution >= 4 is 11.9 Å². The van der Waals surface area contributed by atoms with Gasteiger partial charge in [0.25, 0.3) is 5.91 Å². The number of carbonyl (C=O) groups excluding carboxylic acids is 1. The number of ether oxygens (including phenoxy) is 1. The van der Waals surface area contributed by atoms with Crippen LogP contribution >= 0.6 is 0 Å². The molecule has 0 spiro atoms. The van der Waals surface area contributed by atoms with E-state index in [2.05, 4.69) is 4.98 Å². The smallest absolute Gasteiger partial charge is 0.339 e. The average molecular weight is 317 g/mol. The zero-order valence-electron chi connectivity index (χ0n) is 13.3. The predicted octanol–water partition coefficient (Wildman–Crippen LogP) is 1.88. The molecule has 0 saturated carbocycles. The minimum atomic E-state index is -1.14. The lowest BCUT2D eigenvalue weighted by molar-refractivity contribution is 0.0693. The molecule has 0 aliphatic rings. The van der Waals surface area contributed by atoms with Gasteiger partial charge in [-0.3, -0.25) is 4.79 Å². The highest BCUT2D eigenvalue weighted by atomic mass is 16.5. The van der Waals surface area contributed by atoms with Gasteiger partial charge in [0.15, 0.2) is 0 Å². The van der Waals surface area contributed by atoms with Gasteiger partial charge in [0, 0.05) is 19.8 Å². The summed E-state index contributed by atoms with van der Waals surface area (Å²) in [7, 11) is 3.01. The molecule has 122 valence electrons. The summed E-state index contributed by atoms with van der Waals surface area (Å²) in [6.07, 6.45) is 3.41. The number of para-hydroxylation sites is 1. The number of hydrogen-bond acceptors (Lipinski definition) is 4. The van der Waals surface area contributed by atoms with Crippen molar-refractivity contribution in [3.8, 4) is 5.75 Å². The van der Waals surface area contributed by atoms with Gasteiger partial charge >= 0.3 is 5.97 Å². The number of benzene rings is 1. The van der Waals surface area contributed by atoms with E-state index in [-0.39, 0.29) is 22.8 Å². The number of aromatic carboxylic acids is 1. The first-order valence-corrected chi connectivity index (χ1v) is 7.14. The molecule has 7 heteroatoms. The van der Waals surface area contributed by atoms with E-state index in [4.69, 9.17) is 4.74 Å². The first kappa shape index (κ1) is 16.5. The van der Waals surface area contributed by atoms with Crippen molar-refractivity contribution < 1.29 is 19.4 Å². The third-order valence-electron chi connectivity index (χ3n) is 3.57. The van der Waals surface area contributed by atoms with Gasteiger partial charge in [0.05, 0.1) is 31.2 Å².